The Kier molecular flexibility index (Phi) is 5.57. The summed E-state index contributed by atoms with van der Waals surface area (Å²) >= 11 is 0. The number of carbonyl (C=O) groups is 2. The van der Waals surface area contributed by atoms with Gasteiger partial charge in [-0.15, -0.1) is 0 Å². The van der Waals surface area contributed by atoms with E-state index in [9.17, 15) is 27.9 Å². The van der Waals surface area contributed by atoms with Gasteiger partial charge in [-0.3, -0.25) is 4.79 Å². The van der Waals surface area contributed by atoms with Gasteiger partial charge >= 0.3 is 12.1 Å². The highest BCUT2D eigenvalue weighted by molar-refractivity contribution is 5.84. The van der Waals surface area contributed by atoms with Gasteiger partial charge in [0, 0.05) is 13.0 Å². The molecule has 2 atom stereocenters. The first kappa shape index (κ1) is 18.1. The molecule has 2 aliphatic rings. The van der Waals surface area contributed by atoms with Gasteiger partial charge in [0.2, 0.25) is 5.91 Å². The van der Waals surface area contributed by atoms with E-state index in [-0.39, 0.29) is 37.0 Å². The van der Waals surface area contributed by atoms with Crippen molar-refractivity contribution < 1.29 is 27.9 Å². The quantitative estimate of drug-likeness (QED) is 0.859. The summed E-state index contributed by atoms with van der Waals surface area (Å²) in [5, 5.41) is 9.29. The number of likely N-dealkylation sites (tertiary alicyclic amines) is 1. The summed E-state index contributed by atoms with van der Waals surface area (Å²) < 4.78 is 38.0. The van der Waals surface area contributed by atoms with Crippen LogP contribution in [0, 0.1) is 17.8 Å². The molecule has 1 saturated heterocycles. The molecular weight excluding hydrogens is 311 g/mol. The second-order valence-corrected chi connectivity index (χ2v) is 7.03. The molecule has 0 aromatic rings. The summed E-state index contributed by atoms with van der Waals surface area (Å²) in [6.45, 7) is 2.39. The van der Waals surface area contributed by atoms with E-state index in [1.165, 1.54) is 4.90 Å². The Labute approximate surface area is 134 Å². The number of alkyl halides is 3. The summed E-state index contributed by atoms with van der Waals surface area (Å²) in [7, 11) is 0. The van der Waals surface area contributed by atoms with Crippen molar-refractivity contribution in [1.82, 2.24) is 4.90 Å². The van der Waals surface area contributed by atoms with Crippen molar-refractivity contribution in [3.63, 3.8) is 0 Å². The molecular formula is C16H24F3NO3. The molecule has 1 saturated carbocycles. The zero-order valence-electron chi connectivity index (χ0n) is 13.3. The summed E-state index contributed by atoms with van der Waals surface area (Å²) in [6.07, 6.45) is -1.84. The topological polar surface area (TPSA) is 57.6 Å². The number of rotatable bonds is 3. The van der Waals surface area contributed by atoms with Crippen LogP contribution in [0.4, 0.5) is 13.2 Å². The molecule has 0 aromatic carbocycles. The summed E-state index contributed by atoms with van der Waals surface area (Å²) in [5.41, 5.74) is 0. The smallest absolute Gasteiger partial charge is 0.391 e. The van der Waals surface area contributed by atoms with Crippen molar-refractivity contribution in [3.8, 4) is 0 Å². The molecule has 0 spiro atoms. The lowest BCUT2D eigenvalue weighted by Gasteiger charge is -2.37. The van der Waals surface area contributed by atoms with Gasteiger partial charge in [0.05, 0.1) is 5.92 Å². The number of nitrogens with zero attached hydrogens (tertiary/aromatic N) is 1. The van der Waals surface area contributed by atoms with E-state index in [1.807, 2.05) is 6.92 Å². The minimum atomic E-state index is -4.15. The second kappa shape index (κ2) is 7.09. The summed E-state index contributed by atoms with van der Waals surface area (Å²) in [6, 6.07) is -0.794. The van der Waals surface area contributed by atoms with Crippen LogP contribution in [-0.4, -0.2) is 40.6 Å². The van der Waals surface area contributed by atoms with E-state index in [4.69, 9.17) is 0 Å². The zero-order valence-corrected chi connectivity index (χ0v) is 13.3. The molecule has 4 nitrogen and oxygen atoms in total. The van der Waals surface area contributed by atoms with Gasteiger partial charge in [-0.05, 0) is 50.4 Å². The van der Waals surface area contributed by atoms with Crippen molar-refractivity contribution >= 4 is 11.9 Å². The molecule has 0 radical (unpaired) electrons. The summed E-state index contributed by atoms with van der Waals surface area (Å²) in [5.74, 6) is -2.26. The predicted molar refractivity (Wildman–Crippen MR) is 77.7 cm³/mol. The third kappa shape index (κ3) is 4.61. The van der Waals surface area contributed by atoms with Crippen LogP contribution in [0.5, 0.6) is 0 Å². The third-order valence-corrected chi connectivity index (χ3v) is 5.24. The molecule has 2 rings (SSSR count). The standard InChI is InChI=1S/C16H24F3NO3/c1-10-6-7-20(13(8-10)15(22)23)14(21)9-11-2-4-12(5-3-11)16(17,18)19/h10-13H,2-9H2,1H3,(H,22,23). The van der Waals surface area contributed by atoms with Gasteiger partial charge in [-0.2, -0.15) is 13.2 Å². The number of hydrogen-bond acceptors (Lipinski definition) is 2. The minimum absolute atomic E-state index is 0.0603. The normalized spacial score (nSPS) is 32.6. The third-order valence-electron chi connectivity index (χ3n) is 5.24. The highest BCUT2D eigenvalue weighted by Crippen LogP contribution is 2.40. The molecule has 0 aromatic heterocycles. The highest BCUT2D eigenvalue weighted by Gasteiger charge is 2.42. The van der Waals surface area contributed by atoms with Crippen LogP contribution >= 0.6 is 0 Å². The van der Waals surface area contributed by atoms with Gasteiger partial charge in [0.15, 0.2) is 0 Å². The molecule has 7 heteroatoms. The number of carbonyl (C=O) groups excluding carboxylic acids is 1. The van der Waals surface area contributed by atoms with E-state index >= 15 is 0 Å². The predicted octanol–water partition coefficient (Wildman–Crippen LogP) is 3.46. The van der Waals surface area contributed by atoms with E-state index in [1.54, 1.807) is 0 Å². The Morgan fingerprint density at radius 2 is 1.74 bits per heavy atom. The number of halogens is 3. The van der Waals surface area contributed by atoms with E-state index in [0.29, 0.717) is 25.8 Å². The summed E-state index contributed by atoms with van der Waals surface area (Å²) in [4.78, 5) is 25.2. The number of aliphatic carboxylic acids is 1. The van der Waals surface area contributed by atoms with Crippen molar-refractivity contribution in [1.29, 1.82) is 0 Å². The van der Waals surface area contributed by atoms with Crippen molar-refractivity contribution in [3.05, 3.63) is 0 Å². The number of carboxylic acid groups (broad SMARTS) is 1. The maximum Gasteiger partial charge on any atom is 0.391 e. The van der Waals surface area contributed by atoms with Crippen LogP contribution in [0.3, 0.4) is 0 Å². The van der Waals surface area contributed by atoms with E-state index < -0.39 is 24.1 Å². The molecule has 1 heterocycles. The van der Waals surface area contributed by atoms with Crippen molar-refractivity contribution in [2.75, 3.05) is 6.54 Å². The number of piperidine rings is 1. The average molecular weight is 335 g/mol. The van der Waals surface area contributed by atoms with Gasteiger partial charge < -0.3 is 10.0 Å². The first-order valence-corrected chi connectivity index (χ1v) is 8.27. The SMILES string of the molecule is CC1CCN(C(=O)CC2CCC(C(F)(F)F)CC2)C(C(=O)O)C1. The Morgan fingerprint density at radius 1 is 1.13 bits per heavy atom. The number of carboxylic acids is 1. The highest BCUT2D eigenvalue weighted by atomic mass is 19.4. The fraction of sp³-hybridized carbons (Fsp3) is 0.875. The Balaban J connectivity index is 1.88. The molecule has 1 aliphatic heterocycles. The van der Waals surface area contributed by atoms with Crippen LogP contribution in [0.25, 0.3) is 0 Å². The molecule has 132 valence electrons. The van der Waals surface area contributed by atoms with Crippen LogP contribution in [0.2, 0.25) is 0 Å². The van der Waals surface area contributed by atoms with Gasteiger partial charge in [-0.1, -0.05) is 6.92 Å². The largest absolute Gasteiger partial charge is 0.480 e. The van der Waals surface area contributed by atoms with Crippen LogP contribution < -0.4 is 0 Å². The first-order chi connectivity index (χ1) is 10.7. The van der Waals surface area contributed by atoms with Gasteiger partial charge in [-0.25, -0.2) is 4.79 Å². The maximum atomic E-state index is 12.7. The second-order valence-electron chi connectivity index (χ2n) is 7.03. The van der Waals surface area contributed by atoms with Crippen LogP contribution in [-0.2, 0) is 9.59 Å². The Morgan fingerprint density at radius 3 is 2.26 bits per heavy atom. The monoisotopic (exact) mass is 335 g/mol. The molecule has 2 fully saturated rings. The number of amides is 1. The first-order valence-electron chi connectivity index (χ1n) is 8.27. The Bertz CT molecular complexity index is 444. The molecule has 0 bridgehead atoms. The molecule has 23 heavy (non-hydrogen) atoms. The lowest BCUT2D eigenvalue weighted by Crippen LogP contribution is -2.50. The Hall–Kier alpha value is -1.27. The van der Waals surface area contributed by atoms with Crippen LogP contribution in [0.1, 0.15) is 51.9 Å². The van der Waals surface area contributed by atoms with Crippen molar-refractivity contribution in [2.24, 2.45) is 17.8 Å². The lowest BCUT2D eigenvalue weighted by atomic mass is 9.80. The molecule has 1 N–H and O–H groups in total. The van der Waals surface area contributed by atoms with Crippen molar-refractivity contribution in [2.45, 2.75) is 64.1 Å². The average Bonchev–Trinajstić information content (AvgIpc) is 2.46. The number of hydrogen-bond donors (Lipinski definition) is 1. The molecule has 1 amide bonds. The molecule has 2 unspecified atom stereocenters. The lowest BCUT2D eigenvalue weighted by molar-refractivity contribution is -0.184. The minimum Gasteiger partial charge on any atom is -0.480 e. The molecule has 1 aliphatic carbocycles. The van der Waals surface area contributed by atoms with E-state index in [2.05, 4.69) is 0 Å². The van der Waals surface area contributed by atoms with Gasteiger partial charge in [0.25, 0.3) is 0 Å². The van der Waals surface area contributed by atoms with E-state index in [0.717, 1.165) is 6.42 Å². The van der Waals surface area contributed by atoms with Gasteiger partial charge in [0.1, 0.15) is 6.04 Å². The zero-order chi connectivity index (χ0) is 17.2. The maximum absolute atomic E-state index is 12.7. The fourth-order valence-corrected chi connectivity index (χ4v) is 3.73. The van der Waals surface area contributed by atoms with Crippen LogP contribution in [0.15, 0.2) is 0 Å². The fourth-order valence-electron chi connectivity index (χ4n) is 3.73.